The van der Waals surface area contributed by atoms with Crippen LogP contribution in [0, 0.1) is 23.5 Å². The van der Waals surface area contributed by atoms with Gasteiger partial charge in [-0.3, -0.25) is 19.2 Å². The van der Waals surface area contributed by atoms with E-state index in [0.29, 0.717) is 81.0 Å². The van der Waals surface area contributed by atoms with Gasteiger partial charge in [0.15, 0.2) is 11.3 Å². The van der Waals surface area contributed by atoms with E-state index in [4.69, 9.17) is 15.2 Å². The van der Waals surface area contributed by atoms with Crippen LogP contribution in [0.2, 0.25) is 0 Å². The Morgan fingerprint density at radius 3 is 1.37 bits per heavy atom. The molecular weight excluding hydrogens is 907 g/mol. The molecule has 4 aliphatic carbocycles. The predicted octanol–water partition coefficient (Wildman–Crippen LogP) is 10.4. The summed E-state index contributed by atoms with van der Waals surface area (Å²) >= 11 is 0. The summed E-state index contributed by atoms with van der Waals surface area (Å²) in [5.74, 6) is -3.75. The molecule has 4 aromatic heterocycles. The van der Waals surface area contributed by atoms with Gasteiger partial charge in [-0.05, 0) is 113 Å². The Morgan fingerprint density at radius 2 is 0.986 bits per heavy atom. The number of hydrogen-bond donors (Lipinski definition) is 2. The van der Waals surface area contributed by atoms with Crippen molar-refractivity contribution in [3.8, 4) is 22.5 Å². The summed E-state index contributed by atoms with van der Waals surface area (Å²) in [5, 5.41) is 28.0. The normalized spacial score (nSPS) is 24.4. The maximum atomic E-state index is 15.6. The van der Waals surface area contributed by atoms with E-state index in [2.05, 4.69) is 18.8 Å². The second kappa shape index (κ2) is 18.9. The molecule has 0 radical (unpaired) electrons. The fraction of sp³-hybridized carbons (Fsp3) is 0.491. The zero-order valence-electron chi connectivity index (χ0n) is 40.3. The molecule has 6 atom stereocenters. The highest BCUT2D eigenvalue weighted by atomic mass is 19.1. The van der Waals surface area contributed by atoms with E-state index >= 15 is 8.78 Å². The zero-order chi connectivity index (χ0) is 49.2. The van der Waals surface area contributed by atoms with Crippen LogP contribution in [0.5, 0.6) is 0 Å². The van der Waals surface area contributed by atoms with Crippen LogP contribution in [0.25, 0.3) is 33.8 Å². The first-order valence-corrected chi connectivity index (χ1v) is 25.8. The molecule has 2 N–H and O–H groups in total. The van der Waals surface area contributed by atoms with Gasteiger partial charge in [0.25, 0.3) is 11.8 Å². The van der Waals surface area contributed by atoms with E-state index in [1.54, 1.807) is 57.6 Å². The lowest BCUT2D eigenvalue weighted by Crippen LogP contribution is -2.38. The number of carbonyl (C=O) groups excluding carboxylic acids is 2. The first-order chi connectivity index (χ1) is 34.3. The summed E-state index contributed by atoms with van der Waals surface area (Å²) in [6, 6.07) is 17.8. The fourth-order valence-corrected chi connectivity index (χ4v) is 11.3. The number of carboxylic acids is 2. The van der Waals surface area contributed by atoms with Crippen LogP contribution in [-0.2, 0) is 9.59 Å². The zero-order valence-corrected chi connectivity index (χ0v) is 40.3. The van der Waals surface area contributed by atoms with Crippen LogP contribution in [0.15, 0.2) is 60.7 Å². The molecule has 4 saturated carbocycles. The number of likely N-dealkylation sites (tertiary alicyclic amines) is 2. The molecule has 12 rings (SSSR count). The standard InChI is InChI=1S/C28H31FN4O3.C27H29FN4O3/c1-16-7-3-2-4-12-32(16)27(34)23-14-24(17-8-5-9-17)33-25(30-23)15-22(31-33)19-11-6-10-18(26(19)29)20-13-21(20)28(35)36;1-15-6-3-2-4-11-31(15)26(33)22-13-23(16-9-10-16)32-24(29-22)14-21(30-32)18-8-5-7-17(25(18)28)19-12-20(19)27(34)35/h6,10-11,14-17,20-21H,2-5,7-9,12-13H2,1H3,(H,35,36);5,7-8,13-16,19-20H,2-4,6,9-12H2,1H3,(H,34,35)/t16-,20?,21+;15-,19?,20+/m11/s1. The van der Waals surface area contributed by atoms with Gasteiger partial charge in [0.2, 0.25) is 0 Å². The summed E-state index contributed by atoms with van der Waals surface area (Å²) in [4.78, 5) is 62.9. The van der Waals surface area contributed by atoms with Crippen molar-refractivity contribution in [3.63, 3.8) is 0 Å². The molecule has 2 unspecified atom stereocenters. The molecule has 6 heterocycles. The molecule has 2 aromatic carbocycles. The molecule has 16 heteroatoms. The minimum absolute atomic E-state index is 0.0446. The monoisotopic (exact) mass is 966 g/mol. The number of halogens is 2. The van der Waals surface area contributed by atoms with Gasteiger partial charge in [0.1, 0.15) is 23.0 Å². The van der Waals surface area contributed by atoms with Crippen LogP contribution in [0.1, 0.15) is 177 Å². The number of carbonyl (C=O) groups is 4. The maximum absolute atomic E-state index is 15.6. The molecule has 0 spiro atoms. The molecule has 2 amide bonds. The van der Waals surface area contributed by atoms with Gasteiger partial charge in [-0.25, -0.2) is 27.8 Å². The Hall–Kier alpha value is -6.58. The predicted molar refractivity (Wildman–Crippen MR) is 260 cm³/mol. The SMILES string of the molecule is C[C@@H]1CCCCCN1C(=O)c1cc(C2CC2)n2nc(-c3cccc(C4C[C@@H]4C(=O)O)c3F)cc2n1.C[C@@H]1CCCCCN1C(=O)c1cc(C2CCC2)n2nc(-c3cccc(C4C[C@@H]4C(=O)O)c3F)cc2n1. The lowest BCUT2D eigenvalue weighted by atomic mass is 9.82. The average Bonchev–Trinajstić information content (AvgIpc) is 4.23. The molecule has 6 aromatic rings. The van der Waals surface area contributed by atoms with E-state index in [9.17, 15) is 29.4 Å². The average molecular weight is 967 g/mol. The largest absolute Gasteiger partial charge is 0.481 e. The van der Waals surface area contributed by atoms with E-state index < -0.39 is 35.4 Å². The third-order valence-electron chi connectivity index (χ3n) is 16.1. The van der Waals surface area contributed by atoms with Crippen molar-refractivity contribution in [2.45, 2.75) is 146 Å². The summed E-state index contributed by atoms with van der Waals surface area (Å²) in [6.07, 6.45) is 14.7. The number of aromatic nitrogens is 6. The third kappa shape index (κ3) is 9.07. The summed E-state index contributed by atoms with van der Waals surface area (Å²) in [5.41, 5.74) is 6.24. The highest BCUT2D eigenvalue weighted by molar-refractivity contribution is 5.94. The van der Waals surface area contributed by atoms with E-state index in [0.717, 1.165) is 108 Å². The Morgan fingerprint density at radius 1 is 0.549 bits per heavy atom. The van der Waals surface area contributed by atoms with Gasteiger partial charge in [0, 0.05) is 83.5 Å². The molecule has 6 aliphatic rings. The van der Waals surface area contributed by atoms with E-state index in [-0.39, 0.29) is 35.7 Å². The fourth-order valence-electron chi connectivity index (χ4n) is 11.3. The van der Waals surface area contributed by atoms with Crippen molar-refractivity contribution in [3.05, 3.63) is 106 Å². The number of benzene rings is 2. The topological polar surface area (TPSA) is 176 Å². The Labute approximate surface area is 410 Å². The van der Waals surface area contributed by atoms with Crippen molar-refractivity contribution in [1.82, 2.24) is 39.0 Å². The Kier molecular flexibility index (Phi) is 12.4. The van der Waals surface area contributed by atoms with Crippen molar-refractivity contribution in [2.75, 3.05) is 13.1 Å². The number of rotatable bonds is 10. The number of hydrogen-bond acceptors (Lipinski definition) is 8. The van der Waals surface area contributed by atoms with Crippen LogP contribution >= 0.6 is 0 Å². The Bertz CT molecular complexity index is 3090. The second-order valence-electron chi connectivity index (χ2n) is 21.0. The van der Waals surface area contributed by atoms with Crippen molar-refractivity contribution in [1.29, 1.82) is 0 Å². The highest BCUT2D eigenvalue weighted by Gasteiger charge is 2.47. The Balaban J connectivity index is 0.000000154. The molecule has 2 aliphatic heterocycles. The number of amides is 2. The highest BCUT2D eigenvalue weighted by Crippen LogP contribution is 2.51. The summed E-state index contributed by atoms with van der Waals surface area (Å²) in [7, 11) is 0. The molecule has 14 nitrogen and oxygen atoms in total. The molecule has 71 heavy (non-hydrogen) atoms. The number of carboxylic acid groups (broad SMARTS) is 2. The van der Waals surface area contributed by atoms with Crippen molar-refractivity contribution >= 4 is 35.0 Å². The van der Waals surface area contributed by atoms with E-state index in [1.807, 2.05) is 21.9 Å². The maximum Gasteiger partial charge on any atom is 0.307 e. The van der Waals surface area contributed by atoms with Gasteiger partial charge in [0.05, 0.1) is 23.2 Å². The van der Waals surface area contributed by atoms with Gasteiger partial charge in [-0.2, -0.15) is 10.2 Å². The van der Waals surface area contributed by atoms with Crippen LogP contribution in [-0.4, -0.2) is 98.1 Å². The second-order valence-corrected chi connectivity index (χ2v) is 21.0. The van der Waals surface area contributed by atoms with Crippen LogP contribution < -0.4 is 0 Å². The summed E-state index contributed by atoms with van der Waals surface area (Å²) < 4.78 is 34.6. The third-order valence-corrected chi connectivity index (χ3v) is 16.1. The van der Waals surface area contributed by atoms with Gasteiger partial charge >= 0.3 is 11.9 Å². The van der Waals surface area contributed by atoms with Crippen LogP contribution in [0.4, 0.5) is 8.78 Å². The smallest absolute Gasteiger partial charge is 0.307 e. The van der Waals surface area contributed by atoms with Gasteiger partial charge in [-0.15, -0.1) is 0 Å². The van der Waals surface area contributed by atoms with Crippen molar-refractivity contribution < 1.29 is 38.2 Å². The quantitative estimate of drug-likeness (QED) is 0.134. The van der Waals surface area contributed by atoms with Crippen molar-refractivity contribution in [2.24, 2.45) is 11.8 Å². The molecular formula is C55H60F2N8O6. The minimum Gasteiger partial charge on any atom is -0.481 e. The summed E-state index contributed by atoms with van der Waals surface area (Å²) in [6.45, 7) is 5.69. The van der Waals surface area contributed by atoms with Gasteiger partial charge in [-0.1, -0.05) is 56.4 Å². The number of aliphatic carboxylic acids is 2. The molecule has 370 valence electrons. The van der Waals surface area contributed by atoms with E-state index in [1.165, 1.54) is 0 Å². The first kappa shape index (κ1) is 46.8. The molecule has 6 fully saturated rings. The lowest BCUT2D eigenvalue weighted by molar-refractivity contribution is -0.139. The number of fused-ring (bicyclic) bond motifs is 2. The van der Waals surface area contributed by atoms with Crippen LogP contribution in [0.3, 0.4) is 0 Å². The minimum atomic E-state index is -0.887. The number of nitrogens with zero attached hydrogens (tertiary/aromatic N) is 8. The molecule has 2 saturated heterocycles. The van der Waals surface area contributed by atoms with Gasteiger partial charge < -0.3 is 20.0 Å². The molecule has 0 bridgehead atoms. The first-order valence-electron chi connectivity index (χ1n) is 25.8. The lowest BCUT2D eigenvalue weighted by Gasteiger charge is -2.29.